The van der Waals surface area contributed by atoms with Crippen molar-refractivity contribution in [3.63, 3.8) is 0 Å². The van der Waals surface area contributed by atoms with Crippen LogP contribution in [-0.2, 0) is 0 Å². The van der Waals surface area contributed by atoms with Crippen LogP contribution in [0.4, 0.5) is 4.79 Å². The second-order valence-corrected chi connectivity index (χ2v) is 2.60. The van der Waals surface area contributed by atoms with Gasteiger partial charge in [-0.3, -0.25) is 9.97 Å². The first-order chi connectivity index (χ1) is 6.61. The SMILES string of the molecule is C/C(=N/NC(=O)O)c1nccnc1C. The number of hydrogen-bond donors (Lipinski definition) is 2. The van der Waals surface area contributed by atoms with Crippen LogP contribution in [0.3, 0.4) is 0 Å². The van der Waals surface area contributed by atoms with Crippen LogP contribution in [0.1, 0.15) is 18.3 Å². The van der Waals surface area contributed by atoms with Crippen molar-refractivity contribution in [2.45, 2.75) is 13.8 Å². The molecule has 0 unspecified atom stereocenters. The molecule has 6 heteroatoms. The Hall–Kier alpha value is -1.98. The summed E-state index contributed by atoms with van der Waals surface area (Å²) in [4.78, 5) is 18.2. The number of hydrazone groups is 1. The molecule has 0 atom stereocenters. The molecule has 1 aromatic rings. The minimum atomic E-state index is -1.20. The van der Waals surface area contributed by atoms with E-state index in [1.807, 2.05) is 5.43 Å². The number of aryl methyl sites for hydroxylation is 1. The zero-order valence-corrected chi connectivity index (χ0v) is 7.85. The number of carbonyl (C=O) groups is 1. The van der Waals surface area contributed by atoms with Gasteiger partial charge in [0.05, 0.1) is 11.4 Å². The summed E-state index contributed by atoms with van der Waals surface area (Å²) < 4.78 is 0. The topological polar surface area (TPSA) is 87.5 Å². The quantitative estimate of drug-likeness (QED) is 0.537. The molecule has 0 spiro atoms. The fourth-order valence-electron chi connectivity index (χ4n) is 0.947. The standard InChI is InChI=1S/C8H10N4O2/c1-5-7(10-4-3-9-5)6(2)11-12-8(13)14/h3-4,12H,1-2H3,(H,13,14)/b11-6-. The van der Waals surface area contributed by atoms with Gasteiger partial charge in [-0.1, -0.05) is 0 Å². The molecule has 0 saturated heterocycles. The molecule has 2 N–H and O–H groups in total. The van der Waals surface area contributed by atoms with E-state index < -0.39 is 6.09 Å². The predicted molar refractivity (Wildman–Crippen MR) is 50.1 cm³/mol. The Balaban J connectivity index is 2.89. The predicted octanol–water partition coefficient (Wildman–Crippen LogP) is 0.777. The van der Waals surface area contributed by atoms with Gasteiger partial charge in [0.25, 0.3) is 0 Å². The Labute approximate surface area is 80.7 Å². The smallest absolute Gasteiger partial charge is 0.425 e. The van der Waals surface area contributed by atoms with Crippen molar-refractivity contribution in [2.24, 2.45) is 5.10 Å². The van der Waals surface area contributed by atoms with Gasteiger partial charge >= 0.3 is 6.09 Å². The average molecular weight is 194 g/mol. The van der Waals surface area contributed by atoms with Gasteiger partial charge in [0, 0.05) is 12.4 Å². The zero-order chi connectivity index (χ0) is 10.6. The zero-order valence-electron chi connectivity index (χ0n) is 7.85. The van der Waals surface area contributed by atoms with Gasteiger partial charge in [-0.15, -0.1) is 0 Å². The lowest BCUT2D eigenvalue weighted by Gasteiger charge is -2.01. The van der Waals surface area contributed by atoms with Crippen LogP contribution in [-0.4, -0.2) is 26.9 Å². The normalized spacial score (nSPS) is 11.1. The monoisotopic (exact) mass is 194 g/mol. The van der Waals surface area contributed by atoms with Crippen LogP contribution < -0.4 is 5.43 Å². The molecule has 74 valence electrons. The van der Waals surface area contributed by atoms with E-state index >= 15 is 0 Å². The van der Waals surface area contributed by atoms with Crippen molar-refractivity contribution in [3.8, 4) is 0 Å². The number of amides is 1. The molecule has 0 aromatic carbocycles. The third-order valence-corrected chi connectivity index (χ3v) is 1.54. The number of aromatic nitrogens is 2. The molecule has 0 aliphatic heterocycles. The van der Waals surface area contributed by atoms with Gasteiger partial charge in [0.1, 0.15) is 5.69 Å². The van der Waals surface area contributed by atoms with Crippen LogP contribution >= 0.6 is 0 Å². The van der Waals surface area contributed by atoms with Crippen molar-refractivity contribution in [3.05, 3.63) is 23.8 Å². The van der Waals surface area contributed by atoms with Gasteiger partial charge in [-0.25, -0.2) is 10.2 Å². The summed E-state index contributed by atoms with van der Waals surface area (Å²) in [7, 11) is 0. The summed E-state index contributed by atoms with van der Waals surface area (Å²) in [6, 6.07) is 0. The summed E-state index contributed by atoms with van der Waals surface area (Å²) >= 11 is 0. The summed E-state index contributed by atoms with van der Waals surface area (Å²) in [5.74, 6) is 0. The van der Waals surface area contributed by atoms with Gasteiger partial charge in [0.15, 0.2) is 0 Å². The highest BCUT2D eigenvalue weighted by molar-refractivity contribution is 5.98. The second kappa shape index (κ2) is 4.31. The fourth-order valence-corrected chi connectivity index (χ4v) is 0.947. The van der Waals surface area contributed by atoms with Crippen molar-refractivity contribution in [1.29, 1.82) is 0 Å². The van der Waals surface area contributed by atoms with Crippen molar-refractivity contribution in [1.82, 2.24) is 15.4 Å². The van der Waals surface area contributed by atoms with E-state index in [1.165, 1.54) is 6.20 Å². The van der Waals surface area contributed by atoms with E-state index in [1.54, 1.807) is 20.0 Å². The molecule has 1 aromatic heterocycles. The molecule has 0 aliphatic carbocycles. The number of rotatable bonds is 2. The Kier molecular flexibility index (Phi) is 3.11. The molecule has 1 rings (SSSR count). The first kappa shape index (κ1) is 10.1. The van der Waals surface area contributed by atoms with E-state index in [-0.39, 0.29) is 0 Å². The third-order valence-electron chi connectivity index (χ3n) is 1.54. The van der Waals surface area contributed by atoms with E-state index in [0.717, 1.165) is 0 Å². The third kappa shape index (κ3) is 2.51. The minimum absolute atomic E-state index is 0.484. The maximum atomic E-state index is 10.2. The lowest BCUT2D eigenvalue weighted by atomic mass is 10.2. The summed E-state index contributed by atoms with van der Waals surface area (Å²) in [6.07, 6.45) is 1.89. The Bertz CT molecular complexity index is 375. The van der Waals surface area contributed by atoms with Crippen LogP contribution in [0.15, 0.2) is 17.5 Å². The van der Waals surface area contributed by atoms with E-state index in [0.29, 0.717) is 17.1 Å². The Morgan fingerprint density at radius 3 is 2.71 bits per heavy atom. The molecule has 0 saturated carbocycles. The first-order valence-corrected chi connectivity index (χ1v) is 3.92. The fraction of sp³-hybridized carbons (Fsp3) is 0.250. The van der Waals surface area contributed by atoms with Gasteiger partial charge in [-0.05, 0) is 13.8 Å². The highest BCUT2D eigenvalue weighted by atomic mass is 16.4. The van der Waals surface area contributed by atoms with Crippen LogP contribution in [0.2, 0.25) is 0 Å². The molecule has 0 fully saturated rings. The Morgan fingerprint density at radius 2 is 2.14 bits per heavy atom. The number of carboxylic acid groups (broad SMARTS) is 1. The lowest BCUT2D eigenvalue weighted by molar-refractivity contribution is 0.195. The molecule has 0 aliphatic rings. The number of nitrogens with zero attached hydrogens (tertiary/aromatic N) is 3. The van der Waals surface area contributed by atoms with Crippen LogP contribution in [0.25, 0.3) is 0 Å². The molecule has 1 heterocycles. The molecule has 6 nitrogen and oxygen atoms in total. The number of nitrogens with one attached hydrogen (secondary N) is 1. The highest BCUT2D eigenvalue weighted by Gasteiger charge is 2.03. The molecule has 0 bridgehead atoms. The lowest BCUT2D eigenvalue weighted by Crippen LogP contribution is -2.17. The average Bonchev–Trinajstić information content (AvgIpc) is 2.15. The van der Waals surface area contributed by atoms with Gasteiger partial charge in [-0.2, -0.15) is 5.10 Å². The van der Waals surface area contributed by atoms with E-state index in [4.69, 9.17) is 5.11 Å². The highest BCUT2D eigenvalue weighted by Crippen LogP contribution is 2.00. The van der Waals surface area contributed by atoms with E-state index in [9.17, 15) is 4.79 Å². The molecule has 1 amide bonds. The van der Waals surface area contributed by atoms with E-state index in [2.05, 4.69) is 15.1 Å². The summed E-state index contributed by atoms with van der Waals surface area (Å²) in [6.45, 7) is 3.44. The van der Waals surface area contributed by atoms with Crippen LogP contribution in [0.5, 0.6) is 0 Å². The molecule has 0 radical (unpaired) electrons. The van der Waals surface area contributed by atoms with Crippen molar-refractivity contribution < 1.29 is 9.90 Å². The second-order valence-electron chi connectivity index (χ2n) is 2.60. The first-order valence-electron chi connectivity index (χ1n) is 3.92. The maximum Gasteiger partial charge on any atom is 0.425 e. The summed E-state index contributed by atoms with van der Waals surface area (Å²) in [5, 5.41) is 11.9. The molecule has 14 heavy (non-hydrogen) atoms. The van der Waals surface area contributed by atoms with Crippen molar-refractivity contribution >= 4 is 11.8 Å². The largest absolute Gasteiger partial charge is 0.464 e. The van der Waals surface area contributed by atoms with Gasteiger partial charge < -0.3 is 5.11 Å². The summed E-state index contributed by atoms with van der Waals surface area (Å²) in [5.41, 5.74) is 3.69. The molecular formula is C8H10N4O2. The maximum absolute atomic E-state index is 10.2. The van der Waals surface area contributed by atoms with Crippen molar-refractivity contribution in [2.75, 3.05) is 0 Å². The molecular weight excluding hydrogens is 184 g/mol. The van der Waals surface area contributed by atoms with Crippen LogP contribution in [0, 0.1) is 6.92 Å². The minimum Gasteiger partial charge on any atom is -0.464 e. The van der Waals surface area contributed by atoms with Gasteiger partial charge in [0.2, 0.25) is 0 Å². The Morgan fingerprint density at radius 1 is 1.50 bits per heavy atom. The number of hydrogen-bond acceptors (Lipinski definition) is 4.